The Bertz CT molecular complexity index is 826. The van der Waals surface area contributed by atoms with Crippen molar-refractivity contribution in [3.8, 4) is 0 Å². The summed E-state index contributed by atoms with van der Waals surface area (Å²) in [5.74, 6) is -0.553. The number of nitrogens with one attached hydrogen (secondary N) is 1. The molecule has 2 aliphatic heterocycles. The maximum Gasteiger partial charge on any atom is 0.324 e. The molecule has 2 aliphatic rings. The summed E-state index contributed by atoms with van der Waals surface area (Å²) in [7, 11) is -3.67. The quantitative estimate of drug-likeness (QED) is 0.760. The van der Waals surface area contributed by atoms with Crippen molar-refractivity contribution in [2.75, 3.05) is 26.2 Å². The number of rotatable bonds is 4. The predicted molar refractivity (Wildman–Crippen MR) is 83.8 cm³/mol. The lowest BCUT2D eigenvalue weighted by Crippen LogP contribution is -2.38. The van der Waals surface area contributed by atoms with Gasteiger partial charge >= 0.3 is 6.03 Å². The second-order valence-electron chi connectivity index (χ2n) is 5.72. The number of nitrogens with zero attached hydrogens (tertiary/aromatic N) is 3. The summed E-state index contributed by atoms with van der Waals surface area (Å²) in [5, 5.41) is 2.50. The van der Waals surface area contributed by atoms with Crippen LogP contribution in [0, 0.1) is 0 Å². The van der Waals surface area contributed by atoms with Crippen LogP contribution in [0.1, 0.15) is 12.8 Å². The van der Waals surface area contributed by atoms with Crippen molar-refractivity contribution in [3.63, 3.8) is 0 Å². The fraction of sp³-hybridized carbons (Fsp3) is 0.500. The lowest BCUT2D eigenvalue weighted by molar-refractivity contribution is -0.128. The molecule has 0 unspecified atom stereocenters. The second kappa shape index (κ2) is 6.36. The van der Waals surface area contributed by atoms with Crippen LogP contribution in [-0.2, 0) is 21.4 Å². The lowest BCUT2D eigenvalue weighted by Gasteiger charge is -2.17. The highest BCUT2D eigenvalue weighted by molar-refractivity contribution is 7.89. The van der Waals surface area contributed by atoms with Crippen molar-refractivity contribution < 1.29 is 18.0 Å². The summed E-state index contributed by atoms with van der Waals surface area (Å²) in [6.07, 6.45) is 2.78. The average Bonchev–Trinajstić information content (AvgIpc) is 3.20. The van der Waals surface area contributed by atoms with Gasteiger partial charge in [0.25, 0.3) is 11.5 Å². The Balaban J connectivity index is 1.85. The van der Waals surface area contributed by atoms with Gasteiger partial charge in [-0.05, 0) is 18.9 Å². The molecule has 9 nitrogen and oxygen atoms in total. The van der Waals surface area contributed by atoms with E-state index < -0.39 is 27.5 Å². The van der Waals surface area contributed by atoms with Gasteiger partial charge in [0.05, 0.1) is 4.90 Å². The molecule has 10 heteroatoms. The van der Waals surface area contributed by atoms with E-state index in [4.69, 9.17) is 0 Å². The minimum Gasteiger partial charge on any atom is -0.336 e. The van der Waals surface area contributed by atoms with Gasteiger partial charge in [-0.15, -0.1) is 0 Å². The van der Waals surface area contributed by atoms with Crippen LogP contribution < -0.4 is 10.9 Å². The highest BCUT2D eigenvalue weighted by Gasteiger charge is 2.29. The topological polar surface area (TPSA) is 109 Å². The van der Waals surface area contributed by atoms with Gasteiger partial charge in [0, 0.05) is 38.4 Å². The van der Waals surface area contributed by atoms with Gasteiger partial charge in [0.1, 0.15) is 6.54 Å². The lowest BCUT2D eigenvalue weighted by atomic mass is 10.4. The van der Waals surface area contributed by atoms with Gasteiger partial charge in [0.2, 0.25) is 10.0 Å². The highest BCUT2D eigenvalue weighted by Crippen LogP contribution is 2.19. The summed E-state index contributed by atoms with van der Waals surface area (Å²) in [4.78, 5) is 36.6. The van der Waals surface area contributed by atoms with Crippen LogP contribution in [-0.4, -0.2) is 60.3 Å². The van der Waals surface area contributed by atoms with E-state index >= 15 is 0 Å². The molecule has 0 aliphatic carbocycles. The summed E-state index contributed by atoms with van der Waals surface area (Å²) in [6.45, 7) is 1.12. The number of amides is 3. The Morgan fingerprint density at radius 2 is 1.83 bits per heavy atom. The van der Waals surface area contributed by atoms with Crippen molar-refractivity contribution in [2.24, 2.45) is 0 Å². The fourth-order valence-corrected chi connectivity index (χ4v) is 4.34. The zero-order valence-electron chi connectivity index (χ0n) is 13.0. The van der Waals surface area contributed by atoms with Gasteiger partial charge in [-0.3, -0.25) is 14.5 Å². The number of pyridine rings is 1. The van der Waals surface area contributed by atoms with Crippen LogP contribution in [0.4, 0.5) is 4.79 Å². The van der Waals surface area contributed by atoms with E-state index in [-0.39, 0.29) is 18.0 Å². The van der Waals surface area contributed by atoms with Crippen molar-refractivity contribution in [3.05, 3.63) is 28.7 Å². The van der Waals surface area contributed by atoms with E-state index in [0.29, 0.717) is 19.6 Å². The molecule has 0 atom stereocenters. The third-order valence-electron chi connectivity index (χ3n) is 4.12. The molecule has 3 heterocycles. The molecular weight excluding hydrogens is 336 g/mol. The number of carbonyl (C=O) groups is 2. The Morgan fingerprint density at radius 3 is 2.46 bits per heavy atom. The first-order valence-corrected chi connectivity index (χ1v) is 9.12. The Hall–Kier alpha value is -2.20. The first-order valence-electron chi connectivity index (χ1n) is 7.68. The Kier molecular flexibility index (Phi) is 4.41. The average molecular weight is 354 g/mol. The van der Waals surface area contributed by atoms with Gasteiger partial charge < -0.3 is 9.88 Å². The fourth-order valence-electron chi connectivity index (χ4n) is 2.80. The van der Waals surface area contributed by atoms with Crippen LogP contribution in [0.25, 0.3) is 0 Å². The zero-order chi connectivity index (χ0) is 17.3. The monoisotopic (exact) mass is 354 g/mol. The van der Waals surface area contributed by atoms with E-state index in [1.807, 2.05) is 0 Å². The number of imide groups is 1. The van der Waals surface area contributed by atoms with Gasteiger partial charge in [-0.1, -0.05) is 0 Å². The number of hydrogen-bond donors (Lipinski definition) is 1. The number of carbonyl (C=O) groups excluding carboxylic acids is 2. The predicted octanol–water partition coefficient (Wildman–Crippen LogP) is -0.815. The van der Waals surface area contributed by atoms with Crippen LogP contribution in [0.15, 0.2) is 28.0 Å². The van der Waals surface area contributed by atoms with Crippen LogP contribution >= 0.6 is 0 Å². The standard InChI is InChI=1S/C14H18N4O5S/c19-12-4-3-11(24(22,23)17-6-1-2-7-17)9-16(12)10-13(20)18-8-5-15-14(18)21/h3-4,9H,1-2,5-8,10H2,(H,15,21). The van der Waals surface area contributed by atoms with Crippen LogP contribution in [0.3, 0.4) is 0 Å². The van der Waals surface area contributed by atoms with E-state index in [1.165, 1.54) is 16.6 Å². The maximum absolute atomic E-state index is 12.5. The van der Waals surface area contributed by atoms with Crippen molar-refractivity contribution >= 4 is 22.0 Å². The molecule has 24 heavy (non-hydrogen) atoms. The first kappa shape index (κ1) is 16.7. The van der Waals surface area contributed by atoms with Crippen molar-refractivity contribution in [1.29, 1.82) is 0 Å². The molecule has 0 saturated carbocycles. The molecule has 0 aromatic carbocycles. The number of urea groups is 1. The van der Waals surface area contributed by atoms with Gasteiger partial charge in [0.15, 0.2) is 0 Å². The number of aromatic nitrogens is 1. The van der Waals surface area contributed by atoms with Gasteiger partial charge in [-0.25, -0.2) is 13.2 Å². The SMILES string of the molecule is O=C(Cn1cc(S(=O)(=O)N2CCCC2)ccc1=O)N1CCNC1=O. The van der Waals surface area contributed by atoms with E-state index in [0.717, 1.165) is 28.4 Å². The van der Waals surface area contributed by atoms with Crippen molar-refractivity contribution in [2.45, 2.75) is 24.3 Å². The van der Waals surface area contributed by atoms with E-state index in [9.17, 15) is 22.8 Å². The summed E-state index contributed by atoms with van der Waals surface area (Å²) >= 11 is 0. The third kappa shape index (κ3) is 3.06. The zero-order valence-corrected chi connectivity index (χ0v) is 13.8. The molecule has 3 rings (SSSR count). The minimum atomic E-state index is -3.67. The summed E-state index contributed by atoms with van der Waals surface area (Å²) in [5.41, 5.74) is -0.497. The Morgan fingerprint density at radius 1 is 1.12 bits per heavy atom. The molecule has 130 valence electrons. The van der Waals surface area contributed by atoms with Crippen LogP contribution in [0.5, 0.6) is 0 Å². The van der Waals surface area contributed by atoms with Crippen LogP contribution in [0.2, 0.25) is 0 Å². The molecule has 1 N–H and O–H groups in total. The number of hydrogen-bond acceptors (Lipinski definition) is 5. The molecule has 0 radical (unpaired) electrons. The van der Waals surface area contributed by atoms with Crippen molar-refractivity contribution in [1.82, 2.24) is 19.1 Å². The summed E-state index contributed by atoms with van der Waals surface area (Å²) < 4.78 is 27.5. The summed E-state index contributed by atoms with van der Waals surface area (Å²) in [6, 6.07) is 1.87. The molecule has 1 aromatic heterocycles. The molecule has 3 amide bonds. The second-order valence-corrected chi connectivity index (χ2v) is 7.66. The highest BCUT2D eigenvalue weighted by atomic mass is 32.2. The van der Waals surface area contributed by atoms with Gasteiger partial charge in [-0.2, -0.15) is 4.31 Å². The largest absolute Gasteiger partial charge is 0.336 e. The third-order valence-corrected chi connectivity index (χ3v) is 6.00. The number of sulfonamides is 1. The normalized spacial score (nSPS) is 18.8. The molecule has 2 saturated heterocycles. The first-order chi connectivity index (χ1) is 11.4. The molecule has 1 aromatic rings. The smallest absolute Gasteiger partial charge is 0.324 e. The molecule has 0 bridgehead atoms. The Labute approximate surface area is 138 Å². The minimum absolute atomic E-state index is 0.0253. The molecular formula is C14H18N4O5S. The molecule has 0 spiro atoms. The van der Waals surface area contributed by atoms with E-state index in [1.54, 1.807) is 0 Å². The maximum atomic E-state index is 12.5. The molecule has 2 fully saturated rings. The van der Waals surface area contributed by atoms with E-state index in [2.05, 4.69) is 5.32 Å².